The van der Waals surface area contributed by atoms with Crippen molar-refractivity contribution in [2.75, 3.05) is 12.3 Å². The molecule has 2 heterocycles. The van der Waals surface area contributed by atoms with Gasteiger partial charge in [0.05, 0.1) is 11.1 Å². The summed E-state index contributed by atoms with van der Waals surface area (Å²) in [6.45, 7) is 4.87. The molecule has 1 aliphatic rings. The van der Waals surface area contributed by atoms with Crippen LogP contribution in [0.4, 0.5) is 0 Å². The highest BCUT2D eigenvalue weighted by atomic mass is 32.2. The molecule has 0 spiro atoms. The fraction of sp³-hybridized carbons (Fsp3) is 0.588. The number of fused-ring (bicyclic) bond motifs is 3. The molecule has 2 aromatic rings. The number of nitrogens with one attached hydrogen (secondary N) is 2. The summed E-state index contributed by atoms with van der Waals surface area (Å²) in [5.74, 6) is 2.62. The summed E-state index contributed by atoms with van der Waals surface area (Å²) < 4.78 is 0. The van der Waals surface area contributed by atoms with E-state index in [1.165, 1.54) is 10.4 Å². The van der Waals surface area contributed by atoms with Crippen molar-refractivity contribution in [3.05, 3.63) is 26.6 Å². The quantitative estimate of drug-likeness (QED) is 0.740. The summed E-state index contributed by atoms with van der Waals surface area (Å²) in [5.41, 5.74) is 1.20. The molecular formula is C17H23N3O2S2. The van der Waals surface area contributed by atoms with Crippen molar-refractivity contribution in [3.8, 4) is 0 Å². The normalized spacial score (nSPS) is 13.6. The van der Waals surface area contributed by atoms with Crippen molar-refractivity contribution >= 4 is 39.2 Å². The Labute approximate surface area is 149 Å². The monoisotopic (exact) mass is 365 g/mol. The number of nitrogens with zero attached hydrogens (tertiary/aromatic N) is 1. The van der Waals surface area contributed by atoms with Crippen LogP contribution in [0.25, 0.3) is 10.2 Å². The highest BCUT2D eigenvalue weighted by Gasteiger charge is 2.20. The van der Waals surface area contributed by atoms with Crippen LogP contribution >= 0.6 is 23.1 Å². The third-order valence-electron chi connectivity index (χ3n) is 4.04. The molecule has 0 fully saturated rings. The van der Waals surface area contributed by atoms with Crippen LogP contribution in [0, 0.1) is 5.92 Å². The highest BCUT2D eigenvalue weighted by molar-refractivity contribution is 7.98. The topological polar surface area (TPSA) is 74.8 Å². The highest BCUT2D eigenvalue weighted by Crippen LogP contribution is 2.34. The lowest BCUT2D eigenvalue weighted by Gasteiger charge is -2.07. The molecule has 0 radical (unpaired) electrons. The first-order valence-electron chi connectivity index (χ1n) is 8.42. The van der Waals surface area contributed by atoms with Gasteiger partial charge in [-0.25, -0.2) is 4.98 Å². The number of hydrogen-bond acceptors (Lipinski definition) is 5. The molecule has 0 atom stereocenters. The Hall–Kier alpha value is -1.34. The maximum absolute atomic E-state index is 12.3. The van der Waals surface area contributed by atoms with E-state index in [4.69, 9.17) is 0 Å². The van der Waals surface area contributed by atoms with Gasteiger partial charge in [0.25, 0.3) is 5.56 Å². The van der Waals surface area contributed by atoms with Crippen molar-refractivity contribution < 1.29 is 4.79 Å². The Kier molecular flexibility index (Phi) is 5.61. The Morgan fingerprint density at radius 2 is 2.25 bits per heavy atom. The van der Waals surface area contributed by atoms with Crippen LogP contribution in [0.5, 0.6) is 0 Å². The molecule has 7 heteroatoms. The first-order chi connectivity index (χ1) is 11.5. The number of thiophene rings is 1. The minimum Gasteiger partial charge on any atom is -0.356 e. The van der Waals surface area contributed by atoms with Crippen LogP contribution in [0.1, 0.15) is 43.0 Å². The maximum Gasteiger partial charge on any atom is 0.259 e. The standard InChI is InChI=1S/C17H23N3O2S2/c1-10(2)8-18-14(21)6-7-23-9-13-19-16(22)15-11-4-3-5-12(11)24-17(15)20-13/h10H,3-9H2,1-2H3,(H,18,21)(H,19,20,22). The second kappa shape index (κ2) is 7.70. The smallest absolute Gasteiger partial charge is 0.259 e. The molecule has 0 aliphatic heterocycles. The van der Waals surface area contributed by atoms with Crippen LogP contribution in [-0.2, 0) is 23.4 Å². The third-order valence-corrected chi connectivity index (χ3v) is 6.20. The third kappa shape index (κ3) is 4.00. The van der Waals surface area contributed by atoms with Gasteiger partial charge in [0.2, 0.25) is 5.91 Å². The van der Waals surface area contributed by atoms with Crippen molar-refractivity contribution in [3.63, 3.8) is 0 Å². The van der Waals surface area contributed by atoms with Gasteiger partial charge in [-0.05, 0) is 30.7 Å². The number of thioether (sulfide) groups is 1. The van der Waals surface area contributed by atoms with E-state index in [1.54, 1.807) is 23.1 Å². The van der Waals surface area contributed by atoms with E-state index in [-0.39, 0.29) is 11.5 Å². The van der Waals surface area contributed by atoms with Crippen LogP contribution in [0.3, 0.4) is 0 Å². The van der Waals surface area contributed by atoms with Crippen LogP contribution in [0.2, 0.25) is 0 Å². The number of rotatable bonds is 7. The molecule has 0 bridgehead atoms. The maximum atomic E-state index is 12.3. The number of aromatic amines is 1. The SMILES string of the molecule is CC(C)CNC(=O)CCSCc1nc2sc3c(c2c(=O)[nH]1)CCC3. The first-order valence-corrected chi connectivity index (χ1v) is 10.4. The average molecular weight is 366 g/mol. The molecule has 1 amide bonds. The van der Waals surface area contributed by atoms with Crippen molar-refractivity contribution in [1.29, 1.82) is 0 Å². The van der Waals surface area contributed by atoms with E-state index in [2.05, 4.69) is 29.1 Å². The Balaban J connectivity index is 1.55. The average Bonchev–Trinajstić information content (AvgIpc) is 3.09. The predicted molar refractivity (Wildman–Crippen MR) is 101 cm³/mol. The van der Waals surface area contributed by atoms with Gasteiger partial charge in [0.1, 0.15) is 10.7 Å². The number of carbonyl (C=O) groups excluding carboxylic acids is 1. The van der Waals surface area contributed by atoms with Crippen LogP contribution in [-0.4, -0.2) is 28.2 Å². The van der Waals surface area contributed by atoms with Gasteiger partial charge >= 0.3 is 0 Å². The summed E-state index contributed by atoms with van der Waals surface area (Å²) in [6.07, 6.45) is 3.72. The Bertz CT molecular complexity index is 795. The van der Waals surface area contributed by atoms with Crippen molar-refractivity contribution in [2.24, 2.45) is 5.92 Å². The molecular weight excluding hydrogens is 342 g/mol. The molecule has 0 saturated heterocycles. The Morgan fingerprint density at radius 1 is 1.42 bits per heavy atom. The largest absolute Gasteiger partial charge is 0.356 e. The minimum atomic E-state index is -0.00956. The summed E-state index contributed by atoms with van der Waals surface area (Å²) >= 11 is 3.29. The first kappa shape index (κ1) is 17.5. The molecule has 5 nitrogen and oxygen atoms in total. The summed E-state index contributed by atoms with van der Waals surface area (Å²) in [7, 11) is 0. The molecule has 3 rings (SSSR count). The van der Waals surface area contributed by atoms with E-state index in [0.29, 0.717) is 23.9 Å². The van der Waals surface area contributed by atoms with E-state index in [9.17, 15) is 9.59 Å². The zero-order valence-electron chi connectivity index (χ0n) is 14.1. The molecule has 24 heavy (non-hydrogen) atoms. The molecule has 2 N–H and O–H groups in total. The van der Waals surface area contributed by atoms with Crippen molar-refractivity contribution in [2.45, 2.75) is 45.3 Å². The second-order valence-corrected chi connectivity index (χ2v) is 8.74. The molecule has 130 valence electrons. The number of carbonyl (C=O) groups is 1. The number of aryl methyl sites for hydroxylation is 2. The fourth-order valence-corrected chi connectivity index (χ4v) is 4.94. The van der Waals surface area contributed by atoms with Crippen LogP contribution in [0.15, 0.2) is 4.79 Å². The zero-order valence-corrected chi connectivity index (χ0v) is 15.7. The van der Waals surface area contributed by atoms with Gasteiger partial charge in [0, 0.05) is 23.6 Å². The van der Waals surface area contributed by atoms with Crippen molar-refractivity contribution in [1.82, 2.24) is 15.3 Å². The van der Waals surface area contributed by atoms with Gasteiger partial charge in [0.15, 0.2) is 0 Å². The lowest BCUT2D eigenvalue weighted by Crippen LogP contribution is -2.27. The zero-order chi connectivity index (χ0) is 17.1. The van der Waals surface area contributed by atoms with Gasteiger partial charge < -0.3 is 10.3 Å². The molecule has 0 saturated carbocycles. The summed E-state index contributed by atoms with van der Waals surface area (Å²) in [4.78, 5) is 33.7. The number of aromatic nitrogens is 2. The molecule has 2 aromatic heterocycles. The predicted octanol–water partition coefficient (Wildman–Crippen LogP) is 2.87. The molecule has 1 aliphatic carbocycles. The lowest BCUT2D eigenvalue weighted by atomic mass is 10.2. The number of hydrogen-bond donors (Lipinski definition) is 2. The van der Waals surface area contributed by atoms with E-state index >= 15 is 0 Å². The number of amides is 1. The van der Waals surface area contributed by atoms with E-state index < -0.39 is 0 Å². The summed E-state index contributed by atoms with van der Waals surface area (Å²) in [5, 5.41) is 3.71. The van der Waals surface area contributed by atoms with E-state index in [1.807, 2.05) is 0 Å². The second-order valence-electron chi connectivity index (χ2n) is 6.55. The molecule has 0 unspecified atom stereocenters. The summed E-state index contributed by atoms with van der Waals surface area (Å²) in [6, 6.07) is 0. The number of H-pyrrole nitrogens is 1. The lowest BCUT2D eigenvalue weighted by molar-refractivity contribution is -0.120. The minimum absolute atomic E-state index is 0.00956. The fourth-order valence-electron chi connectivity index (χ4n) is 2.86. The van der Waals surface area contributed by atoms with Gasteiger partial charge in [-0.1, -0.05) is 13.8 Å². The van der Waals surface area contributed by atoms with Gasteiger partial charge in [-0.15, -0.1) is 11.3 Å². The van der Waals surface area contributed by atoms with E-state index in [0.717, 1.165) is 41.8 Å². The van der Waals surface area contributed by atoms with Gasteiger partial charge in [-0.3, -0.25) is 9.59 Å². The van der Waals surface area contributed by atoms with Crippen LogP contribution < -0.4 is 10.9 Å². The van der Waals surface area contributed by atoms with Gasteiger partial charge in [-0.2, -0.15) is 11.8 Å². The molecule has 0 aromatic carbocycles. The Morgan fingerprint density at radius 3 is 3.04 bits per heavy atom.